The zero-order chi connectivity index (χ0) is 16.0. The molecule has 0 atom stereocenters. The number of hydrogen-bond donors (Lipinski definition) is 0. The fraction of sp³-hybridized carbons (Fsp3) is 0.611. The van der Waals surface area contributed by atoms with Crippen LogP contribution < -0.4 is 0 Å². The summed E-state index contributed by atoms with van der Waals surface area (Å²) in [6.07, 6.45) is 0. The fourth-order valence-corrected chi connectivity index (χ4v) is 2.32. The number of nitrogens with zero attached hydrogens (tertiary/aromatic N) is 1. The molecule has 1 amide bonds. The van der Waals surface area contributed by atoms with Gasteiger partial charge >= 0.3 is 0 Å². The summed E-state index contributed by atoms with van der Waals surface area (Å²) in [6, 6.07) is 7.98. The number of benzene rings is 1. The molecule has 1 aromatic rings. The zero-order valence-corrected chi connectivity index (χ0v) is 14.3. The number of likely N-dealkylation sites (N-methyl/N-ethyl adjacent to an activating group) is 1. The molecule has 0 saturated heterocycles. The van der Waals surface area contributed by atoms with E-state index in [1.54, 1.807) is 7.11 Å². The topological polar surface area (TPSA) is 29.5 Å². The molecule has 1 aromatic carbocycles. The second-order valence-electron chi connectivity index (χ2n) is 6.30. The monoisotopic (exact) mass is 291 g/mol. The highest BCUT2D eigenvalue weighted by atomic mass is 16.5. The largest absolute Gasteiger partial charge is 0.383 e. The average molecular weight is 291 g/mol. The summed E-state index contributed by atoms with van der Waals surface area (Å²) in [5.41, 5.74) is 1.91. The maximum absolute atomic E-state index is 12.8. The Morgan fingerprint density at radius 2 is 1.90 bits per heavy atom. The fourth-order valence-electron chi connectivity index (χ4n) is 2.32. The van der Waals surface area contributed by atoms with E-state index >= 15 is 0 Å². The Balaban J connectivity index is 3.16. The molecule has 1 rings (SSSR count). The highest BCUT2D eigenvalue weighted by molar-refractivity contribution is 5.96. The highest BCUT2D eigenvalue weighted by Crippen LogP contribution is 2.34. The van der Waals surface area contributed by atoms with Gasteiger partial charge in [0.05, 0.1) is 6.61 Å². The summed E-state index contributed by atoms with van der Waals surface area (Å²) >= 11 is 0. The molecule has 0 radical (unpaired) electrons. The average Bonchev–Trinajstić information content (AvgIpc) is 2.47. The van der Waals surface area contributed by atoms with Crippen molar-refractivity contribution in [1.82, 2.24) is 4.90 Å². The van der Waals surface area contributed by atoms with E-state index in [1.165, 1.54) is 0 Å². The van der Waals surface area contributed by atoms with Gasteiger partial charge in [0.25, 0.3) is 5.91 Å². The lowest BCUT2D eigenvalue weighted by atomic mass is 9.73. The van der Waals surface area contributed by atoms with Crippen LogP contribution in [0.3, 0.4) is 0 Å². The summed E-state index contributed by atoms with van der Waals surface area (Å²) < 4.78 is 5.10. The van der Waals surface area contributed by atoms with Crippen molar-refractivity contribution >= 4 is 5.91 Å². The van der Waals surface area contributed by atoms with Crippen LogP contribution in [-0.2, 0) is 10.2 Å². The van der Waals surface area contributed by atoms with Crippen LogP contribution in [0.15, 0.2) is 24.3 Å². The molecule has 3 heteroatoms. The Bertz CT molecular complexity index is 466. The van der Waals surface area contributed by atoms with Gasteiger partial charge in [-0.05, 0) is 29.9 Å². The molecular formula is C18H29NO2. The van der Waals surface area contributed by atoms with Gasteiger partial charge in [-0.3, -0.25) is 4.79 Å². The first-order valence-corrected chi connectivity index (χ1v) is 7.73. The Morgan fingerprint density at radius 1 is 1.29 bits per heavy atom. The molecule has 0 unspecified atom stereocenters. The number of rotatable bonds is 7. The molecule has 118 valence electrons. The standard InChI is InChI=1S/C18H29NO2/c1-7-19(12-13-21-6)17(20)15-10-8-9-11-16(15)18(4,5)14(2)3/h8-11,14H,7,12-13H2,1-6H3. The molecule has 0 aromatic heterocycles. The summed E-state index contributed by atoms with van der Waals surface area (Å²) in [5, 5.41) is 0. The normalized spacial score (nSPS) is 11.8. The molecule has 0 bridgehead atoms. The molecule has 0 heterocycles. The molecule has 0 N–H and O–H groups in total. The van der Waals surface area contributed by atoms with Crippen molar-refractivity contribution < 1.29 is 9.53 Å². The van der Waals surface area contributed by atoms with Crippen LogP contribution in [0, 0.1) is 5.92 Å². The van der Waals surface area contributed by atoms with E-state index in [1.807, 2.05) is 30.0 Å². The maximum Gasteiger partial charge on any atom is 0.254 e. The Hall–Kier alpha value is -1.35. The summed E-state index contributed by atoms with van der Waals surface area (Å²) in [6.45, 7) is 12.7. The zero-order valence-electron chi connectivity index (χ0n) is 14.3. The minimum absolute atomic E-state index is 0.0348. The Morgan fingerprint density at radius 3 is 2.43 bits per heavy atom. The first-order chi connectivity index (χ1) is 9.86. The van der Waals surface area contributed by atoms with E-state index in [0.717, 1.165) is 11.1 Å². The molecule has 21 heavy (non-hydrogen) atoms. The van der Waals surface area contributed by atoms with E-state index in [9.17, 15) is 4.79 Å². The van der Waals surface area contributed by atoms with Gasteiger partial charge < -0.3 is 9.64 Å². The van der Waals surface area contributed by atoms with Gasteiger partial charge in [0.1, 0.15) is 0 Å². The molecule has 0 saturated carbocycles. The van der Waals surface area contributed by atoms with Gasteiger partial charge in [-0.15, -0.1) is 0 Å². The van der Waals surface area contributed by atoms with Gasteiger partial charge in [-0.2, -0.15) is 0 Å². The smallest absolute Gasteiger partial charge is 0.254 e. The van der Waals surface area contributed by atoms with E-state index in [4.69, 9.17) is 4.74 Å². The minimum atomic E-state index is -0.0348. The minimum Gasteiger partial charge on any atom is -0.383 e. The highest BCUT2D eigenvalue weighted by Gasteiger charge is 2.30. The van der Waals surface area contributed by atoms with E-state index in [-0.39, 0.29) is 11.3 Å². The van der Waals surface area contributed by atoms with Gasteiger partial charge in [-0.1, -0.05) is 45.9 Å². The van der Waals surface area contributed by atoms with E-state index < -0.39 is 0 Å². The number of amides is 1. The first kappa shape index (κ1) is 17.7. The molecule has 0 fully saturated rings. The van der Waals surface area contributed by atoms with Crippen LogP contribution in [0.4, 0.5) is 0 Å². The quantitative estimate of drug-likeness (QED) is 0.766. The van der Waals surface area contributed by atoms with Crippen molar-refractivity contribution in [3.63, 3.8) is 0 Å². The summed E-state index contributed by atoms with van der Waals surface area (Å²) in [4.78, 5) is 14.7. The van der Waals surface area contributed by atoms with Crippen molar-refractivity contribution in [3.8, 4) is 0 Å². The van der Waals surface area contributed by atoms with Gasteiger partial charge in [0.2, 0.25) is 0 Å². The predicted octanol–water partition coefficient (Wildman–Crippen LogP) is 3.73. The van der Waals surface area contributed by atoms with Crippen LogP contribution in [0.25, 0.3) is 0 Å². The van der Waals surface area contributed by atoms with Crippen molar-refractivity contribution in [1.29, 1.82) is 0 Å². The molecule has 3 nitrogen and oxygen atoms in total. The molecule has 0 spiro atoms. The number of carbonyl (C=O) groups is 1. The van der Waals surface area contributed by atoms with Crippen LogP contribution >= 0.6 is 0 Å². The number of carbonyl (C=O) groups excluding carboxylic acids is 1. The Labute approximate surface area is 129 Å². The lowest BCUT2D eigenvalue weighted by Gasteiger charge is -2.33. The van der Waals surface area contributed by atoms with Gasteiger partial charge in [-0.25, -0.2) is 0 Å². The van der Waals surface area contributed by atoms with Crippen molar-refractivity contribution in [2.24, 2.45) is 5.92 Å². The lowest BCUT2D eigenvalue weighted by Crippen LogP contribution is -2.36. The maximum atomic E-state index is 12.8. The number of methoxy groups -OCH3 is 1. The SMILES string of the molecule is CCN(CCOC)C(=O)c1ccccc1C(C)(C)C(C)C. The lowest BCUT2D eigenvalue weighted by molar-refractivity contribution is 0.0703. The van der Waals surface area contributed by atoms with E-state index in [0.29, 0.717) is 25.6 Å². The molecule has 0 aliphatic rings. The molecular weight excluding hydrogens is 262 g/mol. The summed E-state index contributed by atoms with van der Waals surface area (Å²) in [7, 11) is 1.66. The van der Waals surface area contributed by atoms with Gasteiger partial charge in [0, 0.05) is 25.8 Å². The first-order valence-electron chi connectivity index (χ1n) is 7.73. The van der Waals surface area contributed by atoms with Crippen molar-refractivity contribution in [2.45, 2.75) is 40.0 Å². The second-order valence-corrected chi connectivity index (χ2v) is 6.30. The Kier molecular flexibility index (Phi) is 6.41. The van der Waals surface area contributed by atoms with Crippen LogP contribution in [0.5, 0.6) is 0 Å². The molecule has 0 aliphatic carbocycles. The van der Waals surface area contributed by atoms with Crippen molar-refractivity contribution in [3.05, 3.63) is 35.4 Å². The molecule has 0 aliphatic heterocycles. The van der Waals surface area contributed by atoms with Crippen LogP contribution in [0.2, 0.25) is 0 Å². The van der Waals surface area contributed by atoms with Crippen LogP contribution in [0.1, 0.15) is 50.5 Å². The van der Waals surface area contributed by atoms with Crippen molar-refractivity contribution in [2.75, 3.05) is 26.8 Å². The summed E-state index contributed by atoms with van der Waals surface area (Å²) in [5.74, 6) is 0.555. The van der Waals surface area contributed by atoms with Crippen LogP contribution in [-0.4, -0.2) is 37.6 Å². The second kappa shape index (κ2) is 7.60. The predicted molar refractivity (Wildman–Crippen MR) is 87.8 cm³/mol. The van der Waals surface area contributed by atoms with Gasteiger partial charge in [0.15, 0.2) is 0 Å². The third-order valence-corrected chi connectivity index (χ3v) is 4.53. The third kappa shape index (κ3) is 4.07. The third-order valence-electron chi connectivity index (χ3n) is 4.53. The number of ether oxygens (including phenoxy) is 1. The number of hydrogen-bond acceptors (Lipinski definition) is 2. The van der Waals surface area contributed by atoms with E-state index in [2.05, 4.69) is 33.8 Å².